The highest BCUT2D eigenvalue weighted by molar-refractivity contribution is 5.80. The molecule has 1 aromatic heterocycles. The molecule has 0 spiro atoms. The Morgan fingerprint density at radius 2 is 1.94 bits per heavy atom. The second kappa shape index (κ2) is 6.89. The van der Waals surface area contributed by atoms with Crippen LogP contribution in [0.15, 0.2) is 17.3 Å². The Balaban J connectivity index is 2.92. The van der Waals surface area contributed by atoms with E-state index in [-0.39, 0.29) is 0 Å². The molecule has 0 atom stereocenters. The number of anilines is 1. The monoisotopic (exact) mass is 235 g/mol. The van der Waals surface area contributed by atoms with Crippen molar-refractivity contribution < 1.29 is 5.21 Å². The zero-order valence-corrected chi connectivity index (χ0v) is 10.8. The van der Waals surface area contributed by atoms with Gasteiger partial charge in [-0.2, -0.15) is 0 Å². The first-order valence-electron chi connectivity index (χ1n) is 6.13. The van der Waals surface area contributed by atoms with Gasteiger partial charge in [-0.05, 0) is 31.9 Å². The van der Waals surface area contributed by atoms with E-state index < -0.39 is 0 Å². The third-order valence-electron chi connectivity index (χ3n) is 2.62. The molecule has 94 valence electrons. The van der Waals surface area contributed by atoms with Crippen LogP contribution in [0.25, 0.3) is 0 Å². The smallest absolute Gasteiger partial charge is 0.128 e. The number of oxime groups is 1. The van der Waals surface area contributed by atoms with Crippen molar-refractivity contribution in [3.05, 3.63) is 23.4 Å². The highest BCUT2D eigenvalue weighted by Crippen LogP contribution is 2.14. The van der Waals surface area contributed by atoms with E-state index in [1.807, 2.05) is 19.1 Å². The lowest BCUT2D eigenvalue weighted by molar-refractivity contribution is 0.322. The van der Waals surface area contributed by atoms with Gasteiger partial charge in [0.1, 0.15) is 5.82 Å². The highest BCUT2D eigenvalue weighted by atomic mass is 16.4. The van der Waals surface area contributed by atoms with Crippen molar-refractivity contribution in [1.29, 1.82) is 0 Å². The maximum atomic E-state index is 8.52. The van der Waals surface area contributed by atoms with E-state index in [1.54, 1.807) is 0 Å². The zero-order valence-electron chi connectivity index (χ0n) is 10.8. The van der Waals surface area contributed by atoms with Crippen LogP contribution in [0.4, 0.5) is 5.82 Å². The molecule has 0 unspecified atom stereocenters. The first kappa shape index (κ1) is 13.5. The molecule has 0 bridgehead atoms. The number of rotatable bonds is 6. The van der Waals surface area contributed by atoms with Gasteiger partial charge in [-0.25, -0.2) is 4.98 Å². The number of hydrogen-bond donors (Lipinski definition) is 1. The lowest BCUT2D eigenvalue weighted by Gasteiger charge is -2.23. The van der Waals surface area contributed by atoms with Crippen LogP contribution in [0.2, 0.25) is 0 Å². The number of aryl methyl sites for hydroxylation is 1. The van der Waals surface area contributed by atoms with Crippen LogP contribution in [0.3, 0.4) is 0 Å². The van der Waals surface area contributed by atoms with Crippen LogP contribution < -0.4 is 4.90 Å². The second-order valence-electron chi connectivity index (χ2n) is 4.08. The Bertz CT molecular complexity index is 371. The van der Waals surface area contributed by atoms with E-state index in [4.69, 9.17) is 5.21 Å². The Morgan fingerprint density at radius 1 is 1.29 bits per heavy atom. The summed E-state index contributed by atoms with van der Waals surface area (Å²) in [4.78, 5) is 6.84. The number of hydrogen-bond acceptors (Lipinski definition) is 4. The fourth-order valence-electron chi connectivity index (χ4n) is 1.81. The minimum atomic E-state index is 0.851. The largest absolute Gasteiger partial charge is 0.411 e. The van der Waals surface area contributed by atoms with Crippen molar-refractivity contribution in [2.24, 2.45) is 5.16 Å². The van der Waals surface area contributed by atoms with Crippen LogP contribution in [-0.4, -0.2) is 29.5 Å². The van der Waals surface area contributed by atoms with Crippen molar-refractivity contribution in [2.75, 3.05) is 18.0 Å². The lowest BCUT2D eigenvalue weighted by atomic mass is 10.2. The summed E-state index contributed by atoms with van der Waals surface area (Å²) in [6.45, 7) is 8.31. The summed E-state index contributed by atoms with van der Waals surface area (Å²) in [5.74, 6) is 1.00. The summed E-state index contributed by atoms with van der Waals surface area (Å²) in [6.07, 6.45) is 3.64. The fraction of sp³-hybridized carbons (Fsp3) is 0.538. The number of pyridine rings is 1. The average molecular weight is 235 g/mol. The molecule has 0 fully saturated rings. The van der Waals surface area contributed by atoms with Gasteiger partial charge in [0.25, 0.3) is 0 Å². The molecule has 1 N–H and O–H groups in total. The Kier molecular flexibility index (Phi) is 5.46. The summed E-state index contributed by atoms with van der Waals surface area (Å²) in [5, 5.41) is 11.6. The summed E-state index contributed by atoms with van der Waals surface area (Å²) in [7, 11) is 0. The first-order valence-corrected chi connectivity index (χ1v) is 6.13. The topological polar surface area (TPSA) is 48.7 Å². The summed E-state index contributed by atoms with van der Waals surface area (Å²) >= 11 is 0. The van der Waals surface area contributed by atoms with Gasteiger partial charge in [0.15, 0.2) is 0 Å². The molecule has 17 heavy (non-hydrogen) atoms. The first-order chi connectivity index (χ1) is 8.22. The molecule has 0 radical (unpaired) electrons. The number of nitrogens with zero attached hydrogens (tertiary/aromatic N) is 3. The van der Waals surface area contributed by atoms with Gasteiger partial charge in [0.2, 0.25) is 0 Å². The van der Waals surface area contributed by atoms with E-state index in [0.29, 0.717) is 0 Å². The van der Waals surface area contributed by atoms with Gasteiger partial charge in [-0.3, -0.25) is 0 Å². The van der Waals surface area contributed by atoms with Gasteiger partial charge in [-0.1, -0.05) is 19.0 Å². The molecular weight excluding hydrogens is 214 g/mol. The van der Waals surface area contributed by atoms with Crippen molar-refractivity contribution >= 4 is 12.0 Å². The van der Waals surface area contributed by atoms with Gasteiger partial charge in [-0.15, -0.1) is 0 Å². The zero-order chi connectivity index (χ0) is 12.7. The maximum absolute atomic E-state index is 8.52. The molecule has 4 nitrogen and oxygen atoms in total. The molecule has 1 rings (SSSR count). The SMILES string of the molecule is CCCN(CCC)c1ccc(C=NO)c(C)n1. The second-order valence-corrected chi connectivity index (χ2v) is 4.08. The Labute approximate surface area is 103 Å². The molecule has 0 saturated carbocycles. The van der Waals surface area contributed by atoms with E-state index in [1.165, 1.54) is 6.21 Å². The average Bonchev–Trinajstić information content (AvgIpc) is 2.32. The molecule has 0 aliphatic carbocycles. The van der Waals surface area contributed by atoms with Crippen molar-refractivity contribution in [1.82, 2.24) is 4.98 Å². The Hall–Kier alpha value is -1.58. The standard InChI is InChI=1S/C13H21N3O/c1-4-8-16(9-5-2)13-7-6-12(10-14-17)11(3)15-13/h6-7,10,17H,4-5,8-9H2,1-3H3. The number of aromatic nitrogens is 1. The molecular formula is C13H21N3O. The predicted octanol–water partition coefficient (Wildman–Crippen LogP) is 2.82. The fourth-order valence-corrected chi connectivity index (χ4v) is 1.81. The van der Waals surface area contributed by atoms with E-state index >= 15 is 0 Å². The quantitative estimate of drug-likeness (QED) is 0.468. The molecule has 0 amide bonds. The summed E-state index contributed by atoms with van der Waals surface area (Å²) < 4.78 is 0. The van der Waals surface area contributed by atoms with E-state index in [2.05, 4.69) is 28.9 Å². The van der Waals surface area contributed by atoms with Crippen LogP contribution in [0.5, 0.6) is 0 Å². The van der Waals surface area contributed by atoms with Crippen molar-refractivity contribution in [3.63, 3.8) is 0 Å². The van der Waals surface area contributed by atoms with Crippen LogP contribution in [0, 0.1) is 6.92 Å². The van der Waals surface area contributed by atoms with Crippen molar-refractivity contribution in [3.8, 4) is 0 Å². The predicted molar refractivity (Wildman–Crippen MR) is 71.1 cm³/mol. The van der Waals surface area contributed by atoms with Crippen LogP contribution in [-0.2, 0) is 0 Å². The minimum absolute atomic E-state index is 0.851. The van der Waals surface area contributed by atoms with Gasteiger partial charge in [0.05, 0.1) is 6.21 Å². The van der Waals surface area contributed by atoms with Gasteiger partial charge < -0.3 is 10.1 Å². The molecule has 0 aromatic carbocycles. The van der Waals surface area contributed by atoms with E-state index in [0.717, 1.165) is 43.0 Å². The molecule has 1 heterocycles. The van der Waals surface area contributed by atoms with Crippen LogP contribution >= 0.6 is 0 Å². The van der Waals surface area contributed by atoms with Crippen molar-refractivity contribution in [2.45, 2.75) is 33.6 Å². The van der Waals surface area contributed by atoms with Gasteiger partial charge >= 0.3 is 0 Å². The van der Waals surface area contributed by atoms with Gasteiger partial charge in [0, 0.05) is 24.3 Å². The van der Waals surface area contributed by atoms with E-state index in [9.17, 15) is 0 Å². The Morgan fingerprint density at radius 3 is 2.41 bits per heavy atom. The molecule has 0 saturated heterocycles. The highest BCUT2D eigenvalue weighted by Gasteiger charge is 2.07. The molecule has 0 aliphatic rings. The van der Waals surface area contributed by atoms with Crippen LogP contribution in [0.1, 0.15) is 37.9 Å². The molecule has 0 aliphatic heterocycles. The summed E-state index contributed by atoms with van der Waals surface area (Å²) in [6, 6.07) is 3.92. The minimum Gasteiger partial charge on any atom is -0.411 e. The summed E-state index contributed by atoms with van der Waals surface area (Å²) in [5.41, 5.74) is 1.74. The molecule has 4 heteroatoms. The lowest BCUT2D eigenvalue weighted by Crippen LogP contribution is -2.26. The molecule has 1 aromatic rings. The maximum Gasteiger partial charge on any atom is 0.128 e. The third-order valence-corrected chi connectivity index (χ3v) is 2.62. The normalized spacial score (nSPS) is 11.0. The third kappa shape index (κ3) is 3.73.